The molecule has 0 unspecified atom stereocenters. The third kappa shape index (κ3) is 1.61. The van der Waals surface area contributed by atoms with Gasteiger partial charge in [-0.15, -0.1) is 4.99 Å². The summed E-state index contributed by atoms with van der Waals surface area (Å²) in [6, 6.07) is 1.99. The van der Waals surface area contributed by atoms with Crippen LogP contribution in [0.4, 0.5) is 5.69 Å². The summed E-state index contributed by atoms with van der Waals surface area (Å²) in [4.78, 5) is 8.11. The molecule has 0 amide bonds. The van der Waals surface area contributed by atoms with Gasteiger partial charge in [-0.25, -0.2) is 10.7 Å². The second kappa shape index (κ2) is 3.81. The molecule has 0 aromatic heterocycles. The Kier molecular flexibility index (Phi) is 2.65. The van der Waals surface area contributed by atoms with Crippen LogP contribution in [-0.4, -0.2) is 10.4 Å². The zero-order valence-electron chi connectivity index (χ0n) is 8.47. The quantitative estimate of drug-likeness (QED) is 0.602. The summed E-state index contributed by atoms with van der Waals surface area (Å²) in [6.45, 7) is 4.47. The number of halogens is 1. The highest BCUT2D eigenvalue weighted by Gasteiger charge is 2.20. The average Bonchev–Trinajstić information content (AvgIpc) is 2.54. The average molecular weight is 227 g/mol. The first kappa shape index (κ1) is 10.4. The van der Waals surface area contributed by atoms with E-state index in [2.05, 4.69) is 15.5 Å². The minimum absolute atomic E-state index is 0.517. The number of aryl methyl sites for hydroxylation is 1. The van der Waals surface area contributed by atoms with E-state index >= 15 is 0 Å². The molecular weight excluding hydrogens is 216 g/mol. The van der Waals surface area contributed by atoms with Crippen LogP contribution in [0.3, 0.4) is 0 Å². The molecule has 5 heteroatoms. The molecule has 1 aromatic rings. The van der Waals surface area contributed by atoms with Crippen molar-refractivity contribution in [2.75, 3.05) is 5.48 Å². The van der Waals surface area contributed by atoms with Crippen molar-refractivity contribution in [3.8, 4) is 0 Å². The van der Waals surface area contributed by atoms with Crippen molar-refractivity contribution in [1.29, 1.82) is 0 Å². The molecule has 1 aromatic carbocycles. The zero-order valence-corrected chi connectivity index (χ0v) is 9.22. The van der Waals surface area contributed by atoms with Crippen molar-refractivity contribution >= 4 is 22.5 Å². The number of fused-ring (bicyclic) bond motifs is 1. The van der Waals surface area contributed by atoms with E-state index in [9.17, 15) is 0 Å². The number of rotatable bonds is 2. The number of nitrogens with one attached hydrogen (secondary N) is 1. The molecule has 80 valence electrons. The Morgan fingerprint density at radius 1 is 1.53 bits per heavy atom. The van der Waals surface area contributed by atoms with Crippen LogP contribution in [0.15, 0.2) is 11.1 Å². The lowest BCUT2D eigenvalue weighted by Gasteiger charge is -2.13. The molecule has 4 nitrogen and oxygen atoms in total. The van der Waals surface area contributed by atoms with Crippen molar-refractivity contribution in [3.05, 3.63) is 28.3 Å². The third-order valence-corrected chi connectivity index (χ3v) is 2.91. The molecule has 1 aliphatic heterocycles. The topological polar surface area (TPSA) is 53.8 Å². The first-order chi connectivity index (χ1) is 7.15. The fourth-order valence-electron chi connectivity index (χ4n) is 1.92. The van der Waals surface area contributed by atoms with Crippen LogP contribution >= 0.6 is 11.6 Å². The second-order valence-electron chi connectivity index (χ2n) is 3.53. The molecule has 2 rings (SSSR count). The first-order valence-electron chi connectivity index (χ1n) is 4.55. The fraction of sp³-hybridized carbons (Fsp3) is 0.300. The van der Waals surface area contributed by atoms with Gasteiger partial charge >= 0.3 is 0 Å². The Bertz CT molecular complexity index is 444. The Morgan fingerprint density at radius 2 is 2.27 bits per heavy atom. The summed E-state index contributed by atoms with van der Waals surface area (Å²) >= 11 is 5.99. The summed E-state index contributed by atoms with van der Waals surface area (Å²) < 4.78 is 0. The molecule has 0 spiro atoms. The van der Waals surface area contributed by atoms with E-state index in [1.165, 1.54) is 0 Å². The Morgan fingerprint density at radius 3 is 2.93 bits per heavy atom. The van der Waals surface area contributed by atoms with Gasteiger partial charge in [0, 0.05) is 5.56 Å². The van der Waals surface area contributed by atoms with E-state index in [1.54, 1.807) is 0 Å². The maximum atomic E-state index is 8.41. The van der Waals surface area contributed by atoms with Crippen molar-refractivity contribution < 1.29 is 10.2 Å². The lowest BCUT2D eigenvalue weighted by molar-refractivity contribution is -0.215. The molecular formula is C10H11ClN2O2. The Balaban J connectivity index is 2.59. The van der Waals surface area contributed by atoms with Crippen molar-refractivity contribution in [1.82, 2.24) is 0 Å². The lowest BCUT2D eigenvalue weighted by Crippen LogP contribution is -2.05. The van der Waals surface area contributed by atoms with Gasteiger partial charge in [0.1, 0.15) is 5.17 Å². The highest BCUT2D eigenvalue weighted by molar-refractivity contribution is 6.70. The molecule has 0 saturated heterocycles. The van der Waals surface area contributed by atoms with Gasteiger partial charge in [0.2, 0.25) is 0 Å². The summed E-state index contributed by atoms with van der Waals surface area (Å²) in [5.41, 5.74) is 7.13. The van der Waals surface area contributed by atoms with Gasteiger partial charge in [0.15, 0.2) is 0 Å². The van der Waals surface area contributed by atoms with Crippen LogP contribution in [0.25, 0.3) is 0 Å². The van der Waals surface area contributed by atoms with Crippen molar-refractivity contribution in [3.63, 3.8) is 0 Å². The van der Waals surface area contributed by atoms with E-state index in [0.29, 0.717) is 11.7 Å². The maximum Gasteiger partial charge on any atom is 0.131 e. The van der Waals surface area contributed by atoms with Crippen LogP contribution in [0.2, 0.25) is 0 Å². The summed E-state index contributed by atoms with van der Waals surface area (Å²) in [6.07, 6.45) is 0. The largest absolute Gasteiger partial charge is 0.268 e. The van der Waals surface area contributed by atoms with Gasteiger partial charge in [0.05, 0.1) is 12.2 Å². The van der Waals surface area contributed by atoms with Crippen LogP contribution in [-0.2, 0) is 11.5 Å². The predicted molar refractivity (Wildman–Crippen MR) is 59.3 cm³/mol. The molecule has 1 aliphatic rings. The molecule has 0 atom stereocenters. The normalized spacial score (nSPS) is 13.7. The molecule has 0 saturated carbocycles. The van der Waals surface area contributed by atoms with Crippen LogP contribution in [0.5, 0.6) is 0 Å². The smallest absolute Gasteiger partial charge is 0.131 e. The molecule has 2 N–H and O–H groups in total. The third-order valence-electron chi connectivity index (χ3n) is 2.60. The molecule has 0 fully saturated rings. The van der Waals surface area contributed by atoms with Crippen molar-refractivity contribution in [2.24, 2.45) is 4.99 Å². The van der Waals surface area contributed by atoms with Crippen molar-refractivity contribution in [2.45, 2.75) is 20.4 Å². The lowest BCUT2D eigenvalue weighted by atomic mass is 9.99. The fourth-order valence-corrected chi connectivity index (χ4v) is 2.24. The van der Waals surface area contributed by atoms with E-state index < -0.39 is 0 Å². The standard InChI is InChI=1S/C10H11ClN2O2/c1-5-3-7-4-12-10(11)8(7)6(2)9(5)13-15-14/h3,13-14H,4H2,1-2H3. The highest BCUT2D eigenvalue weighted by atomic mass is 35.5. The van der Waals surface area contributed by atoms with Gasteiger partial charge in [-0.2, -0.15) is 0 Å². The van der Waals surface area contributed by atoms with E-state index in [-0.39, 0.29) is 0 Å². The van der Waals surface area contributed by atoms with E-state index in [4.69, 9.17) is 16.9 Å². The zero-order chi connectivity index (χ0) is 11.0. The number of aliphatic imine (C=N–C) groups is 1. The van der Waals surface area contributed by atoms with E-state index in [0.717, 1.165) is 27.9 Å². The summed E-state index contributed by atoms with van der Waals surface area (Å²) in [7, 11) is 0. The highest BCUT2D eigenvalue weighted by Crippen LogP contribution is 2.32. The molecule has 15 heavy (non-hydrogen) atoms. The summed E-state index contributed by atoms with van der Waals surface area (Å²) in [5, 5.41) is 8.93. The number of nitrogens with zero attached hydrogens (tertiary/aromatic N) is 1. The predicted octanol–water partition coefficient (Wildman–Crippen LogP) is 2.62. The molecule has 1 heterocycles. The SMILES string of the molecule is Cc1cc2c(c(C)c1NOO)C(Cl)=NC2. The number of hydrogen-bond acceptors (Lipinski definition) is 4. The monoisotopic (exact) mass is 226 g/mol. The minimum atomic E-state index is 0.517. The van der Waals surface area contributed by atoms with Gasteiger partial charge < -0.3 is 0 Å². The van der Waals surface area contributed by atoms with Crippen LogP contribution < -0.4 is 5.48 Å². The van der Waals surface area contributed by atoms with Crippen LogP contribution in [0.1, 0.15) is 22.3 Å². The Labute approximate surface area is 92.4 Å². The molecule has 0 aliphatic carbocycles. The number of benzene rings is 1. The Hall–Kier alpha value is -1.10. The van der Waals surface area contributed by atoms with Gasteiger partial charge in [0.25, 0.3) is 0 Å². The maximum absolute atomic E-state index is 8.41. The minimum Gasteiger partial charge on any atom is -0.268 e. The van der Waals surface area contributed by atoms with Crippen LogP contribution in [0, 0.1) is 13.8 Å². The first-order valence-corrected chi connectivity index (χ1v) is 4.92. The molecule has 0 radical (unpaired) electrons. The van der Waals surface area contributed by atoms with Gasteiger partial charge in [-0.1, -0.05) is 17.7 Å². The number of anilines is 1. The summed E-state index contributed by atoms with van der Waals surface area (Å²) in [5.74, 6) is 0. The second-order valence-corrected chi connectivity index (χ2v) is 3.89. The van der Waals surface area contributed by atoms with Gasteiger partial charge in [-0.05, 0) is 30.5 Å². The van der Waals surface area contributed by atoms with Gasteiger partial charge in [-0.3, -0.25) is 4.99 Å². The van der Waals surface area contributed by atoms with E-state index in [1.807, 2.05) is 19.9 Å². The number of hydrogen-bond donors (Lipinski definition) is 2. The molecule has 0 bridgehead atoms.